The van der Waals surface area contributed by atoms with Crippen molar-refractivity contribution in [1.29, 1.82) is 0 Å². The van der Waals surface area contributed by atoms with Crippen LogP contribution < -0.4 is 15.2 Å². The van der Waals surface area contributed by atoms with E-state index in [1.807, 2.05) is 36.5 Å². The Kier molecular flexibility index (Phi) is 8.26. The molecule has 0 aliphatic heterocycles. The number of pyridine rings is 1. The second-order valence-corrected chi connectivity index (χ2v) is 6.29. The van der Waals surface area contributed by atoms with Crippen LogP contribution in [0.15, 0.2) is 42.6 Å². The second kappa shape index (κ2) is 10.7. The Bertz CT molecular complexity index is 617. The van der Waals surface area contributed by atoms with Crippen LogP contribution in [0.4, 0.5) is 0 Å². The quantitative estimate of drug-likeness (QED) is 0.617. The summed E-state index contributed by atoms with van der Waals surface area (Å²) in [6.07, 6.45) is 7.42. The second-order valence-electron chi connectivity index (χ2n) is 6.29. The van der Waals surface area contributed by atoms with Crippen molar-refractivity contribution in [3.63, 3.8) is 0 Å². The van der Waals surface area contributed by atoms with Crippen molar-refractivity contribution in [2.75, 3.05) is 20.3 Å². The standard InChI is InChI=1S/C21H30N2O2/c1-3-4-5-8-13-25-20-11-10-17(15-21(20)24-2)14-18(16-22)19-9-6-7-12-23-19/h6-7,9-12,15,18H,3-5,8,13-14,16,22H2,1-2H3. The lowest BCUT2D eigenvalue weighted by molar-refractivity contribution is 0.285. The molecule has 2 aromatic rings. The number of rotatable bonds is 11. The first kappa shape index (κ1) is 19.3. The predicted octanol–water partition coefficient (Wildman–Crippen LogP) is 4.33. The zero-order valence-corrected chi connectivity index (χ0v) is 15.4. The normalized spacial score (nSPS) is 12.0. The Morgan fingerprint density at radius 3 is 2.64 bits per heavy atom. The van der Waals surface area contributed by atoms with Crippen LogP contribution in [-0.4, -0.2) is 25.2 Å². The number of hydrogen-bond acceptors (Lipinski definition) is 4. The van der Waals surface area contributed by atoms with Gasteiger partial charge in [0.25, 0.3) is 0 Å². The lowest BCUT2D eigenvalue weighted by Crippen LogP contribution is -2.16. The molecule has 0 saturated heterocycles. The molecule has 1 atom stereocenters. The summed E-state index contributed by atoms with van der Waals surface area (Å²) in [5.41, 5.74) is 8.17. The minimum atomic E-state index is 0.201. The molecule has 2 N–H and O–H groups in total. The lowest BCUT2D eigenvalue weighted by atomic mass is 9.95. The van der Waals surface area contributed by atoms with Gasteiger partial charge in [-0.3, -0.25) is 4.98 Å². The summed E-state index contributed by atoms with van der Waals surface area (Å²) in [5.74, 6) is 1.79. The van der Waals surface area contributed by atoms with Gasteiger partial charge in [0.1, 0.15) is 0 Å². The van der Waals surface area contributed by atoms with Crippen molar-refractivity contribution in [3.8, 4) is 11.5 Å². The van der Waals surface area contributed by atoms with Crippen LogP contribution in [0.5, 0.6) is 11.5 Å². The number of benzene rings is 1. The maximum absolute atomic E-state index is 5.96. The summed E-state index contributed by atoms with van der Waals surface area (Å²) in [4.78, 5) is 4.44. The predicted molar refractivity (Wildman–Crippen MR) is 102 cm³/mol. The Balaban J connectivity index is 2.00. The average Bonchev–Trinajstić information content (AvgIpc) is 2.67. The molecule has 4 heteroatoms. The van der Waals surface area contributed by atoms with E-state index in [1.54, 1.807) is 7.11 Å². The highest BCUT2D eigenvalue weighted by Crippen LogP contribution is 2.30. The van der Waals surface area contributed by atoms with Crippen LogP contribution in [0.3, 0.4) is 0 Å². The van der Waals surface area contributed by atoms with Crippen LogP contribution >= 0.6 is 0 Å². The molecule has 4 nitrogen and oxygen atoms in total. The van der Waals surface area contributed by atoms with Crippen molar-refractivity contribution < 1.29 is 9.47 Å². The molecule has 1 aromatic carbocycles. The zero-order chi connectivity index (χ0) is 17.9. The molecule has 0 spiro atoms. The van der Waals surface area contributed by atoms with Gasteiger partial charge in [-0.05, 0) is 42.7 Å². The number of unbranched alkanes of at least 4 members (excludes halogenated alkanes) is 3. The van der Waals surface area contributed by atoms with E-state index in [1.165, 1.54) is 24.8 Å². The number of ether oxygens (including phenoxy) is 2. The highest BCUT2D eigenvalue weighted by atomic mass is 16.5. The topological polar surface area (TPSA) is 57.4 Å². The molecule has 0 saturated carbocycles. The van der Waals surface area contributed by atoms with Crippen LogP contribution in [0.25, 0.3) is 0 Å². The van der Waals surface area contributed by atoms with Gasteiger partial charge in [0.2, 0.25) is 0 Å². The molecule has 0 bridgehead atoms. The molecule has 1 unspecified atom stereocenters. The largest absolute Gasteiger partial charge is 0.493 e. The minimum Gasteiger partial charge on any atom is -0.493 e. The molecule has 136 valence electrons. The third-order valence-corrected chi connectivity index (χ3v) is 4.36. The molecule has 0 fully saturated rings. The van der Waals surface area contributed by atoms with Crippen molar-refractivity contribution in [2.24, 2.45) is 5.73 Å². The van der Waals surface area contributed by atoms with E-state index in [0.717, 1.165) is 36.6 Å². The van der Waals surface area contributed by atoms with Gasteiger partial charge in [-0.2, -0.15) is 0 Å². The van der Waals surface area contributed by atoms with Gasteiger partial charge in [0.15, 0.2) is 11.5 Å². The minimum absolute atomic E-state index is 0.201. The van der Waals surface area contributed by atoms with E-state index in [9.17, 15) is 0 Å². The molecule has 1 aromatic heterocycles. The monoisotopic (exact) mass is 342 g/mol. The van der Waals surface area contributed by atoms with Crippen LogP contribution in [0, 0.1) is 0 Å². The maximum Gasteiger partial charge on any atom is 0.161 e. The van der Waals surface area contributed by atoms with Crippen LogP contribution in [0.2, 0.25) is 0 Å². The number of aromatic nitrogens is 1. The number of nitrogens with zero attached hydrogens (tertiary/aromatic N) is 1. The Labute approximate surface area is 151 Å². The summed E-state index contributed by atoms with van der Waals surface area (Å²) in [6.45, 7) is 3.51. The molecule has 0 radical (unpaired) electrons. The summed E-state index contributed by atoms with van der Waals surface area (Å²) in [5, 5.41) is 0. The van der Waals surface area contributed by atoms with E-state index in [2.05, 4.69) is 18.0 Å². The lowest BCUT2D eigenvalue weighted by Gasteiger charge is -2.16. The summed E-state index contributed by atoms with van der Waals surface area (Å²) in [7, 11) is 1.68. The summed E-state index contributed by atoms with van der Waals surface area (Å²) >= 11 is 0. The van der Waals surface area contributed by atoms with E-state index >= 15 is 0 Å². The fourth-order valence-corrected chi connectivity index (χ4v) is 2.88. The smallest absolute Gasteiger partial charge is 0.161 e. The third-order valence-electron chi connectivity index (χ3n) is 4.36. The highest BCUT2D eigenvalue weighted by Gasteiger charge is 2.14. The number of hydrogen-bond donors (Lipinski definition) is 1. The maximum atomic E-state index is 5.96. The zero-order valence-electron chi connectivity index (χ0n) is 15.4. The average molecular weight is 342 g/mol. The van der Waals surface area contributed by atoms with Crippen LogP contribution in [-0.2, 0) is 6.42 Å². The first-order chi connectivity index (χ1) is 12.3. The third kappa shape index (κ3) is 6.05. The highest BCUT2D eigenvalue weighted by molar-refractivity contribution is 5.43. The number of methoxy groups -OCH3 is 1. The first-order valence-electron chi connectivity index (χ1n) is 9.19. The van der Waals surface area contributed by atoms with Crippen molar-refractivity contribution in [2.45, 2.75) is 44.9 Å². The van der Waals surface area contributed by atoms with E-state index < -0.39 is 0 Å². The molecule has 1 heterocycles. The van der Waals surface area contributed by atoms with E-state index in [4.69, 9.17) is 15.2 Å². The van der Waals surface area contributed by atoms with Gasteiger partial charge >= 0.3 is 0 Å². The first-order valence-corrected chi connectivity index (χ1v) is 9.19. The molecule has 2 rings (SSSR count). The van der Waals surface area contributed by atoms with Gasteiger partial charge in [-0.1, -0.05) is 38.3 Å². The molecular formula is C21H30N2O2. The van der Waals surface area contributed by atoms with E-state index in [-0.39, 0.29) is 5.92 Å². The Morgan fingerprint density at radius 2 is 1.96 bits per heavy atom. The molecule has 0 aliphatic rings. The van der Waals surface area contributed by atoms with Crippen molar-refractivity contribution in [3.05, 3.63) is 53.9 Å². The SMILES string of the molecule is CCCCCCOc1ccc(CC(CN)c2ccccn2)cc1OC. The van der Waals surface area contributed by atoms with E-state index in [0.29, 0.717) is 6.54 Å². The molecule has 0 amide bonds. The number of nitrogens with two attached hydrogens (primary N) is 1. The van der Waals surface area contributed by atoms with Crippen molar-refractivity contribution in [1.82, 2.24) is 4.98 Å². The fraction of sp³-hybridized carbons (Fsp3) is 0.476. The van der Waals surface area contributed by atoms with Crippen molar-refractivity contribution >= 4 is 0 Å². The molecular weight excluding hydrogens is 312 g/mol. The summed E-state index contributed by atoms with van der Waals surface area (Å²) in [6, 6.07) is 12.1. The molecule has 0 aliphatic carbocycles. The Hall–Kier alpha value is -2.07. The summed E-state index contributed by atoms with van der Waals surface area (Å²) < 4.78 is 11.4. The van der Waals surface area contributed by atoms with Crippen LogP contribution in [0.1, 0.15) is 49.8 Å². The van der Waals surface area contributed by atoms with Gasteiger partial charge in [0, 0.05) is 24.4 Å². The van der Waals surface area contributed by atoms with Gasteiger partial charge in [-0.25, -0.2) is 0 Å². The fourth-order valence-electron chi connectivity index (χ4n) is 2.88. The van der Waals surface area contributed by atoms with Gasteiger partial charge in [0.05, 0.1) is 13.7 Å². The molecule has 25 heavy (non-hydrogen) atoms. The van der Waals surface area contributed by atoms with Gasteiger partial charge in [-0.15, -0.1) is 0 Å². The van der Waals surface area contributed by atoms with Gasteiger partial charge < -0.3 is 15.2 Å². The Morgan fingerprint density at radius 1 is 1.08 bits per heavy atom.